The van der Waals surface area contributed by atoms with Gasteiger partial charge in [-0.2, -0.15) is 4.99 Å². The van der Waals surface area contributed by atoms with E-state index in [0.29, 0.717) is 37.3 Å². The molecule has 1 unspecified atom stereocenters. The van der Waals surface area contributed by atoms with E-state index in [1.807, 2.05) is 31.2 Å². The number of hydrogen-bond acceptors (Lipinski definition) is 6. The lowest BCUT2D eigenvalue weighted by Crippen LogP contribution is -2.47. The van der Waals surface area contributed by atoms with Crippen molar-refractivity contribution in [2.75, 3.05) is 13.1 Å². The Morgan fingerprint density at radius 2 is 1.78 bits per heavy atom. The number of nitrogens with two attached hydrogens (primary N) is 1. The molecule has 0 radical (unpaired) electrons. The Hall–Kier alpha value is -3.49. The fraction of sp³-hybridized carbons (Fsp3) is 0.435. The lowest BCUT2D eigenvalue weighted by atomic mass is 9.93. The lowest BCUT2D eigenvalue weighted by molar-refractivity contribution is -0.121. The smallest absolute Gasteiger partial charge is 0.251 e. The highest BCUT2D eigenvalue weighted by molar-refractivity contribution is 6.19. The molecular weight excluding hydrogens is 408 g/mol. The molecule has 0 fully saturated rings. The predicted molar refractivity (Wildman–Crippen MR) is 123 cm³/mol. The molecule has 1 atom stereocenters. The van der Waals surface area contributed by atoms with E-state index in [-0.39, 0.29) is 23.7 Å². The zero-order chi connectivity index (χ0) is 22.9. The number of nitrogens with one attached hydrogen (secondary N) is 3. The largest absolute Gasteiger partial charge is 0.369 e. The molecule has 2 heterocycles. The van der Waals surface area contributed by atoms with Gasteiger partial charge in [0.1, 0.15) is 11.8 Å². The number of rotatable bonds is 11. The van der Waals surface area contributed by atoms with Gasteiger partial charge in [-0.05, 0) is 55.4 Å². The molecule has 0 saturated carbocycles. The van der Waals surface area contributed by atoms with Crippen LogP contribution in [0.2, 0.25) is 0 Å². The minimum atomic E-state index is -0.463. The summed E-state index contributed by atoms with van der Waals surface area (Å²) in [7, 11) is 0. The normalized spacial score (nSPS) is 17.0. The molecule has 9 heteroatoms. The van der Waals surface area contributed by atoms with E-state index in [0.717, 1.165) is 36.8 Å². The summed E-state index contributed by atoms with van der Waals surface area (Å²) < 4.78 is 0. The molecular formula is C23H30N6O3. The van der Waals surface area contributed by atoms with E-state index in [2.05, 4.69) is 25.9 Å². The minimum absolute atomic E-state index is 0.0682. The summed E-state index contributed by atoms with van der Waals surface area (Å²) in [6, 6.07) is 7.49. The molecule has 3 amide bonds. The SMILES string of the molecule is CCC(=O)NCCCCCNC(=O)c1ccc(CCC2=CN=C3N=C(N)NC(=O)C23)cc1. The second-order valence-electron chi connectivity index (χ2n) is 7.83. The van der Waals surface area contributed by atoms with Crippen molar-refractivity contribution in [3.05, 3.63) is 47.2 Å². The maximum Gasteiger partial charge on any atom is 0.251 e. The van der Waals surface area contributed by atoms with Gasteiger partial charge in [0.2, 0.25) is 17.8 Å². The highest BCUT2D eigenvalue weighted by Gasteiger charge is 2.35. The second-order valence-corrected chi connectivity index (χ2v) is 7.83. The number of amides is 3. The fourth-order valence-electron chi connectivity index (χ4n) is 3.60. The molecule has 9 nitrogen and oxygen atoms in total. The van der Waals surface area contributed by atoms with Crippen LogP contribution in [0.1, 0.15) is 54.9 Å². The van der Waals surface area contributed by atoms with Crippen molar-refractivity contribution in [1.29, 1.82) is 0 Å². The van der Waals surface area contributed by atoms with Crippen LogP contribution in [-0.4, -0.2) is 42.6 Å². The third-order valence-electron chi connectivity index (χ3n) is 5.44. The van der Waals surface area contributed by atoms with Crippen LogP contribution in [0.5, 0.6) is 0 Å². The average Bonchev–Trinajstić information content (AvgIpc) is 3.20. The van der Waals surface area contributed by atoms with Gasteiger partial charge in [0, 0.05) is 31.3 Å². The number of aryl methyl sites for hydroxylation is 1. The first-order valence-electron chi connectivity index (χ1n) is 11.0. The number of aliphatic imine (C=N–C) groups is 2. The summed E-state index contributed by atoms with van der Waals surface area (Å²) in [6.45, 7) is 3.12. The van der Waals surface area contributed by atoms with E-state index in [1.165, 1.54) is 0 Å². The number of carbonyl (C=O) groups is 3. The molecule has 0 aliphatic carbocycles. The summed E-state index contributed by atoms with van der Waals surface area (Å²) in [5.74, 6) is -0.165. The monoisotopic (exact) mass is 438 g/mol. The van der Waals surface area contributed by atoms with Gasteiger partial charge in [-0.15, -0.1) is 0 Å². The number of benzene rings is 1. The zero-order valence-electron chi connectivity index (χ0n) is 18.3. The van der Waals surface area contributed by atoms with Crippen LogP contribution in [0, 0.1) is 5.92 Å². The van der Waals surface area contributed by atoms with Gasteiger partial charge in [0.05, 0.1) is 0 Å². The van der Waals surface area contributed by atoms with Crippen molar-refractivity contribution in [1.82, 2.24) is 16.0 Å². The van der Waals surface area contributed by atoms with Crippen LogP contribution in [0.15, 0.2) is 46.0 Å². The topological polar surface area (TPSA) is 138 Å². The number of fused-ring (bicyclic) bond motifs is 1. The molecule has 2 aliphatic rings. The molecule has 0 bridgehead atoms. The van der Waals surface area contributed by atoms with Crippen molar-refractivity contribution in [2.45, 2.75) is 45.4 Å². The standard InChI is InChI=1S/C23H30N6O3/c1-2-18(30)25-12-4-3-5-13-26-21(31)16-9-6-15(7-10-16)8-11-17-14-27-20-19(17)22(32)29-23(24)28-20/h6-7,9-10,14,19H,2-5,8,11-13H2,1H3,(H,25,30)(H,26,31)(H3,24,27,28,29,32). The Bertz CT molecular complexity index is 949. The van der Waals surface area contributed by atoms with Crippen molar-refractivity contribution < 1.29 is 14.4 Å². The van der Waals surface area contributed by atoms with E-state index in [9.17, 15) is 14.4 Å². The van der Waals surface area contributed by atoms with Crippen molar-refractivity contribution >= 4 is 29.5 Å². The first-order chi connectivity index (χ1) is 15.5. The average molecular weight is 439 g/mol. The molecule has 1 aromatic carbocycles. The van der Waals surface area contributed by atoms with Gasteiger partial charge in [-0.3, -0.25) is 19.7 Å². The van der Waals surface area contributed by atoms with Crippen LogP contribution < -0.4 is 21.7 Å². The van der Waals surface area contributed by atoms with Crippen molar-refractivity contribution in [3.63, 3.8) is 0 Å². The summed E-state index contributed by atoms with van der Waals surface area (Å²) in [4.78, 5) is 43.9. The second kappa shape index (κ2) is 11.2. The van der Waals surface area contributed by atoms with Gasteiger partial charge in [-0.1, -0.05) is 19.1 Å². The van der Waals surface area contributed by atoms with Gasteiger partial charge < -0.3 is 16.4 Å². The van der Waals surface area contributed by atoms with Crippen LogP contribution in [0.3, 0.4) is 0 Å². The highest BCUT2D eigenvalue weighted by Crippen LogP contribution is 2.27. The van der Waals surface area contributed by atoms with Gasteiger partial charge in [0.15, 0.2) is 0 Å². The van der Waals surface area contributed by atoms with Crippen LogP contribution in [-0.2, 0) is 16.0 Å². The third kappa shape index (κ3) is 6.26. The Morgan fingerprint density at radius 3 is 2.50 bits per heavy atom. The van der Waals surface area contributed by atoms with Gasteiger partial charge in [0.25, 0.3) is 5.91 Å². The molecule has 3 rings (SSSR count). The fourth-order valence-corrected chi connectivity index (χ4v) is 3.60. The molecule has 0 spiro atoms. The predicted octanol–water partition coefficient (Wildman–Crippen LogP) is 1.40. The Morgan fingerprint density at radius 1 is 1.06 bits per heavy atom. The van der Waals surface area contributed by atoms with Crippen LogP contribution in [0.4, 0.5) is 0 Å². The maximum atomic E-state index is 12.3. The Kier molecular flexibility index (Phi) is 8.13. The molecule has 0 aromatic heterocycles. The van der Waals surface area contributed by atoms with E-state index in [4.69, 9.17) is 5.73 Å². The number of amidine groups is 1. The molecule has 170 valence electrons. The summed E-state index contributed by atoms with van der Waals surface area (Å²) in [5, 5.41) is 8.31. The number of hydrogen-bond donors (Lipinski definition) is 4. The third-order valence-corrected chi connectivity index (χ3v) is 5.44. The van der Waals surface area contributed by atoms with Crippen LogP contribution in [0.25, 0.3) is 0 Å². The lowest BCUT2D eigenvalue weighted by Gasteiger charge is -2.19. The molecule has 0 saturated heterocycles. The quantitative estimate of drug-likeness (QED) is 0.388. The van der Waals surface area contributed by atoms with Crippen molar-refractivity contribution in [3.8, 4) is 0 Å². The number of unbranched alkanes of at least 4 members (excludes halogenated alkanes) is 2. The van der Waals surface area contributed by atoms with Gasteiger partial charge in [-0.25, -0.2) is 4.99 Å². The first kappa shape index (κ1) is 23.2. The summed E-state index contributed by atoms with van der Waals surface area (Å²) >= 11 is 0. The Labute approximate surface area is 187 Å². The maximum absolute atomic E-state index is 12.3. The number of nitrogens with zero attached hydrogens (tertiary/aromatic N) is 2. The molecule has 32 heavy (non-hydrogen) atoms. The first-order valence-corrected chi connectivity index (χ1v) is 11.0. The Balaban J connectivity index is 1.37. The summed E-state index contributed by atoms with van der Waals surface area (Å²) in [5.41, 5.74) is 8.17. The number of guanidine groups is 1. The van der Waals surface area contributed by atoms with E-state index >= 15 is 0 Å². The minimum Gasteiger partial charge on any atom is -0.369 e. The van der Waals surface area contributed by atoms with E-state index in [1.54, 1.807) is 6.20 Å². The molecule has 1 aromatic rings. The van der Waals surface area contributed by atoms with E-state index < -0.39 is 5.92 Å². The zero-order valence-corrected chi connectivity index (χ0v) is 18.3. The summed E-state index contributed by atoms with van der Waals surface area (Å²) in [6.07, 6.45) is 6.32. The number of carbonyl (C=O) groups excluding carboxylic acids is 3. The van der Waals surface area contributed by atoms with Crippen molar-refractivity contribution in [2.24, 2.45) is 21.6 Å². The molecule has 5 N–H and O–H groups in total. The van der Waals surface area contributed by atoms with Crippen LogP contribution >= 0.6 is 0 Å². The molecule has 2 aliphatic heterocycles. The van der Waals surface area contributed by atoms with Gasteiger partial charge >= 0.3 is 0 Å². The highest BCUT2D eigenvalue weighted by atomic mass is 16.2.